The molecule has 3 aliphatic carbocycles. The summed E-state index contributed by atoms with van der Waals surface area (Å²) in [6, 6.07) is 0.561. The van der Waals surface area contributed by atoms with Gasteiger partial charge in [-0.2, -0.15) is 0 Å². The molecule has 1 amide bonds. The van der Waals surface area contributed by atoms with Gasteiger partial charge < -0.3 is 11.1 Å². The van der Waals surface area contributed by atoms with Gasteiger partial charge in [-0.1, -0.05) is 13.3 Å². The number of hydrogen-bond donors (Lipinski definition) is 2. The van der Waals surface area contributed by atoms with E-state index >= 15 is 0 Å². The van der Waals surface area contributed by atoms with Crippen LogP contribution in [0, 0.1) is 29.6 Å². The number of nitrogens with one attached hydrogen (secondary N) is 1. The van der Waals surface area contributed by atoms with Crippen molar-refractivity contribution in [1.29, 1.82) is 0 Å². The Morgan fingerprint density at radius 2 is 1.95 bits per heavy atom. The average molecular weight is 278 g/mol. The normalized spacial score (nSPS) is 45.4. The van der Waals surface area contributed by atoms with Gasteiger partial charge in [0.05, 0.1) is 0 Å². The molecule has 0 heterocycles. The van der Waals surface area contributed by atoms with Crippen LogP contribution in [0.2, 0.25) is 0 Å². The molecule has 3 nitrogen and oxygen atoms in total. The van der Waals surface area contributed by atoms with Crippen LogP contribution in [0.5, 0.6) is 0 Å². The molecule has 3 aliphatic rings. The van der Waals surface area contributed by atoms with E-state index < -0.39 is 0 Å². The molecule has 0 radical (unpaired) electrons. The molecule has 3 rings (SSSR count). The Morgan fingerprint density at radius 1 is 1.15 bits per heavy atom. The molecule has 7 atom stereocenters. The molecule has 2 bridgehead atoms. The van der Waals surface area contributed by atoms with E-state index in [4.69, 9.17) is 5.73 Å². The van der Waals surface area contributed by atoms with Crippen molar-refractivity contribution in [2.75, 3.05) is 0 Å². The molecule has 0 aliphatic heterocycles. The van der Waals surface area contributed by atoms with Gasteiger partial charge in [-0.25, -0.2) is 0 Å². The van der Waals surface area contributed by atoms with Crippen molar-refractivity contribution in [3.8, 4) is 0 Å². The summed E-state index contributed by atoms with van der Waals surface area (Å²) >= 11 is 0. The number of fused-ring (bicyclic) bond motifs is 2. The Labute approximate surface area is 123 Å². The van der Waals surface area contributed by atoms with Crippen LogP contribution in [-0.2, 0) is 4.79 Å². The molecule has 0 aromatic heterocycles. The third-order valence-electron chi connectivity index (χ3n) is 6.43. The van der Waals surface area contributed by atoms with Crippen LogP contribution in [0.15, 0.2) is 0 Å². The van der Waals surface area contributed by atoms with E-state index in [9.17, 15) is 4.79 Å². The molecule has 0 aromatic rings. The highest BCUT2D eigenvalue weighted by Gasteiger charge is 2.42. The molecule has 0 aromatic carbocycles. The summed E-state index contributed by atoms with van der Waals surface area (Å²) < 4.78 is 0. The van der Waals surface area contributed by atoms with E-state index in [1.165, 1.54) is 25.7 Å². The van der Waals surface area contributed by atoms with E-state index in [1.54, 1.807) is 0 Å². The maximum absolute atomic E-state index is 12.5. The van der Waals surface area contributed by atoms with Crippen molar-refractivity contribution in [3.05, 3.63) is 0 Å². The van der Waals surface area contributed by atoms with E-state index in [0.29, 0.717) is 12.0 Å². The quantitative estimate of drug-likeness (QED) is 0.834. The largest absolute Gasteiger partial charge is 0.353 e. The predicted octanol–water partition coefficient (Wildman–Crippen LogP) is 2.69. The molecule has 114 valence electrons. The second-order valence-electron chi connectivity index (χ2n) is 7.79. The minimum absolute atomic E-state index is 0.155. The SMILES string of the molecule is CC1CCC(C(=O)NC(C)C2CC3CCC2C3)CC1N. The molecule has 20 heavy (non-hydrogen) atoms. The number of carbonyl (C=O) groups is 1. The Balaban J connectivity index is 1.51. The number of hydrogen-bond acceptors (Lipinski definition) is 2. The van der Waals surface area contributed by atoms with Crippen molar-refractivity contribution in [1.82, 2.24) is 5.32 Å². The summed E-state index contributed by atoms with van der Waals surface area (Å²) in [6.07, 6.45) is 8.56. The van der Waals surface area contributed by atoms with E-state index in [2.05, 4.69) is 19.2 Å². The molecular formula is C17H30N2O. The second-order valence-corrected chi connectivity index (χ2v) is 7.79. The van der Waals surface area contributed by atoms with Crippen LogP contribution in [-0.4, -0.2) is 18.0 Å². The summed E-state index contributed by atoms with van der Waals surface area (Å²) in [5.74, 6) is 3.55. The number of rotatable bonds is 3. The minimum atomic E-state index is 0.155. The second kappa shape index (κ2) is 5.67. The standard InChI is InChI=1S/C17H30N2O/c1-10-3-5-14(9-16(10)18)17(20)19-11(2)15-8-12-4-6-13(15)7-12/h10-16H,3-9,18H2,1-2H3,(H,19,20). The van der Waals surface area contributed by atoms with Gasteiger partial charge in [-0.15, -0.1) is 0 Å². The number of nitrogens with two attached hydrogens (primary N) is 1. The topological polar surface area (TPSA) is 55.1 Å². The van der Waals surface area contributed by atoms with Crippen molar-refractivity contribution in [3.63, 3.8) is 0 Å². The van der Waals surface area contributed by atoms with Crippen molar-refractivity contribution < 1.29 is 4.79 Å². The Hall–Kier alpha value is -0.570. The lowest BCUT2D eigenvalue weighted by Crippen LogP contribution is -2.46. The molecule has 3 fully saturated rings. The Bertz CT molecular complexity index is 370. The van der Waals surface area contributed by atoms with Crippen LogP contribution >= 0.6 is 0 Å². The van der Waals surface area contributed by atoms with Crippen LogP contribution in [0.25, 0.3) is 0 Å². The molecule has 0 spiro atoms. The van der Waals surface area contributed by atoms with E-state index in [0.717, 1.165) is 37.0 Å². The maximum atomic E-state index is 12.5. The molecular weight excluding hydrogens is 248 g/mol. The van der Waals surface area contributed by atoms with Crippen LogP contribution in [0.4, 0.5) is 0 Å². The third-order valence-corrected chi connectivity index (χ3v) is 6.43. The van der Waals surface area contributed by atoms with Crippen LogP contribution < -0.4 is 11.1 Å². The molecule has 7 unspecified atom stereocenters. The summed E-state index contributed by atoms with van der Waals surface area (Å²) in [5.41, 5.74) is 6.13. The van der Waals surface area contributed by atoms with E-state index in [-0.39, 0.29) is 17.9 Å². The molecule has 0 saturated heterocycles. The van der Waals surface area contributed by atoms with Gasteiger partial charge in [0, 0.05) is 18.0 Å². The lowest BCUT2D eigenvalue weighted by molar-refractivity contribution is -0.127. The maximum Gasteiger partial charge on any atom is 0.223 e. The number of amides is 1. The zero-order valence-electron chi connectivity index (χ0n) is 13.0. The summed E-state index contributed by atoms with van der Waals surface area (Å²) in [7, 11) is 0. The van der Waals surface area contributed by atoms with Crippen molar-refractivity contribution in [2.45, 2.75) is 70.9 Å². The lowest BCUT2D eigenvalue weighted by Gasteiger charge is -2.33. The minimum Gasteiger partial charge on any atom is -0.353 e. The highest BCUT2D eigenvalue weighted by atomic mass is 16.1. The summed E-state index contributed by atoms with van der Waals surface area (Å²) in [6.45, 7) is 4.42. The first-order chi connectivity index (χ1) is 9.54. The van der Waals surface area contributed by atoms with Gasteiger partial charge in [0.15, 0.2) is 0 Å². The van der Waals surface area contributed by atoms with Crippen LogP contribution in [0.3, 0.4) is 0 Å². The zero-order valence-corrected chi connectivity index (χ0v) is 13.0. The monoisotopic (exact) mass is 278 g/mol. The third kappa shape index (κ3) is 2.74. The lowest BCUT2D eigenvalue weighted by atomic mass is 9.78. The van der Waals surface area contributed by atoms with Gasteiger partial charge in [-0.05, 0) is 69.1 Å². The van der Waals surface area contributed by atoms with Gasteiger partial charge in [0.1, 0.15) is 0 Å². The van der Waals surface area contributed by atoms with Crippen molar-refractivity contribution >= 4 is 5.91 Å². The number of carbonyl (C=O) groups excluding carboxylic acids is 1. The van der Waals surface area contributed by atoms with Crippen LogP contribution in [0.1, 0.15) is 58.8 Å². The predicted molar refractivity (Wildman–Crippen MR) is 81.0 cm³/mol. The Kier molecular flexibility index (Phi) is 4.07. The molecule has 3 saturated carbocycles. The Morgan fingerprint density at radius 3 is 2.55 bits per heavy atom. The van der Waals surface area contributed by atoms with Gasteiger partial charge in [0.2, 0.25) is 5.91 Å². The fraction of sp³-hybridized carbons (Fsp3) is 0.941. The van der Waals surface area contributed by atoms with E-state index in [1.807, 2.05) is 0 Å². The van der Waals surface area contributed by atoms with Gasteiger partial charge in [0.25, 0.3) is 0 Å². The first-order valence-electron chi connectivity index (χ1n) is 8.60. The highest BCUT2D eigenvalue weighted by molar-refractivity contribution is 5.79. The zero-order chi connectivity index (χ0) is 14.3. The van der Waals surface area contributed by atoms with Crippen molar-refractivity contribution in [2.24, 2.45) is 35.3 Å². The summed E-state index contributed by atoms with van der Waals surface area (Å²) in [4.78, 5) is 12.5. The molecule has 3 N–H and O–H groups in total. The fourth-order valence-corrected chi connectivity index (χ4v) is 4.95. The highest BCUT2D eigenvalue weighted by Crippen LogP contribution is 2.49. The smallest absolute Gasteiger partial charge is 0.223 e. The first-order valence-corrected chi connectivity index (χ1v) is 8.60. The summed E-state index contributed by atoms with van der Waals surface area (Å²) in [5, 5.41) is 3.32. The van der Waals surface area contributed by atoms with Gasteiger partial charge >= 0.3 is 0 Å². The van der Waals surface area contributed by atoms with Gasteiger partial charge in [-0.3, -0.25) is 4.79 Å². The first kappa shape index (κ1) is 14.4. The molecule has 3 heteroatoms. The average Bonchev–Trinajstić information content (AvgIpc) is 3.04. The fourth-order valence-electron chi connectivity index (χ4n) is 4.95.